The van der Waals surface area contributed by atoms with Crippen LogP contribution in [0.5, 0.6) is 0 Å². The summed E-state index contributed by atoms with van der Waals surface area (Å²) in [6.45, 7) is 5.27. The van der Waals surface area contributed by atoms with Crippen molar-refractivity contribution in [1.29, 1.82) is 0 Å². The molecule has 4 aromatic rings. The second-order valence-corrected chi connectivity index (χ2v) is 14.1. The average molecular weight is 679 g/mol. The van der Waals surface area contributed by atoms with E-state index >= 15 is 8.78 Å². The third-order valence-corrected chi connectivity index (χ3v) is 10.7. The Balaban J connectivity index is 1.03. The Hall–Kier alpha value is -4.90. The molecule has 0 spiro atoms. The number of amides is 2. The van der Waals surface area contributed by atoms with Crippen LogP contribution in [0.25, 0.3) is 33.5 Å². The molecule has 1 aromatic heterocycles. The van der Waals surface area contributed by atoms with Gasteiger partial charge in [0.25, 0.3) is 5.92 Å². The zero-order valence-electron chi connectivity index (χ0n) is 28.4. The van der Waals surface area contributed by atoms with E-state index in [1.807, 2.05) is 38.1 Å². The number of ether oxygens (including phenoxy) is 1. The predicted molar refractivity (Wildman–Crippen MR) is 188 cm³/mol. The quantitative estimate of drug-likeness (QED) is 0.190. The maximum atomic E-state index is 16.3. The molecule has 4 aliphatic rings. The van der Waals surface area contributed by atoms with Crippen molar-refractivity contribution in [2.45, 2.75) is 70.0 Å². The molecule has 50 heavy (non-hydrogen) atoms. The highest BCUT2D eigenvalue weighted by atomic mass is 19.3. The molecule has 11 heteroatoms. The Morgan fingerprint density at radius 1 is 0.980 bits per heavy atom. The van der Waals surface area contributed by atoms with Crippen molar-refractivity contribution >= 4 is 23.4 Å². The summed E-state index contributed by atoms with van der Waals surface area (Å²) >= 11 is 0. The first-order chi connectivity index (χ1) is 24.1. The number of aliphatic imine (C=N–C) groups is 1. The van der Waals surface area contributed by atoms with Gasteiger partial charge in [0.2, 0.25) is 5.91 Å². The Labute approximate surface area is 289 Å². The van der Waals surface area contributed by atoms with E-state index in [1.165, 1.54) is 7.11 Å². The molecule has 0 bridgehead atoms. The highest BCUT2D eigenvalue weighted by molar-refractivity contribution is 5.98. The van der Waals surface area contributed by atoms with Crippen LogP contribution in [0.3, 0.4) is 0 Å². The van der Waals surface area contributed by atoms with Crippen LogP contribution in [0.1, 0.15) is 68.1 Å². The Bertz CT molecular complexity index is 2030. The van der Waals surface area contributed by atoms with E-state index in [9.17, 15) is 9.59 Å². The lowest BCUT2D eigenvalue weighted by Crippen LogP contribution is -2.51. The van der Waals surface area contributed by atoms with Gasteiger partial charge in [0.05, 0.1) is 30.7 Å². The van der Waals surface area contributed by atoms with Crippen LogP contribution in [0, 0.1) is 5.92 Å². The lowest BCUT2D eigenvalue weighted by atomic mass is 9.96. The molecule has 2 amide bonds. The number of hydrogen-bond donors (Lipinski definition) is 3. The Morgan fingerprint density at radius 3 is 2.42 bits per heavy atom. The first kappa shape index (κ1) is 32.3. The van der Waals surface area contributed by atoms with Crippen molar-refractivity contribution < 1.29 is 23.1 Å². The van der Waals surface area contributed by atoms with Crippen LogP contribution in [0.2, 0.25) is 0 Å². The minimum absolute atomic E-state index is 0.000392. The molecule has 3 atom stereocenters. The van der Waals surface area contributed by atoms with Crippen LogP contribution in [0.4, 0.5) is 19.3 Å². The monoisotopic (exact) mass is 678 g/mol. The summed E-state index contributed by atoms with van der Waals surface area (Å²) in [5, 5.41) is 6.18. The number of carbonyl (C=O) groups excluding carboxylic acids is 2. The number of likely N-dealkylation sites (tertiary alicyclic amines) is 1. The van der Waals surface area contributed by atoms with Crippen molar-refractivity contribution in [2.24, 2.45) is 10.9 Å². The fourth-order valence-corrected chi connectivity index (χ4v) is 7.99. The van der Waals surface area contributed by atoms with E-state index < -0.39 is 18.1 Å². The molecular weight excluding hydrogens is 638 g/mol. The number of carbonyl (C=O) groups is 2. The number of halogens is 2. The summed E-state index contributed by atoms with van der Waals surface area (Å²) in [4.78, 5) is 40.0. The first-order valence-electron chi connectivity index (χ1n) is 17.4. The molecule has 9 nitrogen and oxygen atoms in total. The summed E-state index contributed by atoms with van der Waals surface area (Å²) in [5.41, 5.74) is 7.10. The van der Waals surface area contributed by atoms with Crippen LogP contribution >= 0.6 is 0 Å². The molecule has 2 saturated heterocycles. The fourth-order valence-electron chi connectivity index (χ4n) is 7.99. The summed E-state index contributed by atoms with van der Waals surface area (Å²) in [7, 11) is 1.26. The number of fused-ring (bicyclic) bond motifs is 4. The van der Waals surface area contributed by atoms with E-state index in [1.54, 1.807) is 35.4 Å². The summed E-state index contributed by atoms with van der Waals surface area (Å²) in [5.74, 6) is -2.97. The molecular formula is C39H40F2N6O3. The van der Waals surface area contributed by atoms with Crippen LogP contribution in [-0.4, -0.2) is 64.9 Å². The van der Waals surface area contributed by atoms with Gasteiger partial charge in [-0.1, -0.05) is 44.2 Å². The molecule has 4 heterocycles. The normalized spacial score (nSPS) is 20.8. The largest absolute Gasteiger partial charge is 0.453 e. The van der Waals surface area contributed by atoms with Crippen LogP contribution < -0.4 is 10.6 Å². The maximum Gasteiger partial charge on any atom is 0.407 e. The zero-order chi connectivity index (χ0) is 34.7. The molecule has 1 aliphatic carbocycles. The van der Waals surface area contributed by atoms with Gasteiger partial charge in [0.1, 0.15) is 11.9 Å². The van der Waals surface area contributed by atoms with Gasteiger partial charge in [-0.15, -0.1) is 0 Å². The highest BCUT2D eigenvalue weighted by Crippen LogP contribution is 2.53. The molecule has 3 aliphatic heterocycles. The third-order valence-electron chi connectivity index (χ3n) is 10.7. The molecule has 8 rings (SSSR count). The molecule has 258 valence electrons. The standard InChI is InChI=1S/C39H40F2N6O3/c1-21(2)35(46-38(49)50-3)37(48)47-15-5-7-34(47)36-43-20-33(45-36)24-9-12-27-26-11-8-23(17-28(26)39(40,41)29(27)18-24)22-10-13-30-25(16-22)19-32(44-30)31-6-4-14-42-31/h8-13,16-18,20-21,31,34-35,42H,4-7,14-15,19H2,1-3H3,(H,43,45)(H,46,49)/t31-,34-,35-/m0/s1. The minimum Gasteiger partial charge on any atom is -0.453 e. The van der Waals surface area contributed by atoms with Gasteiger partial charge in [0.15, 0.2) is 0 Å². The lowest BCUT2D eigenvalue weighted by Gasteiger charge is -2.30. The number of nitrogens with one attached hydrogen (secondary N) is 3. The third kappa shape index (κ3) is 5.48. The highest BCUT2D eigenvalue weighted by Gasteiger charge is 2.45. The number of aromatic nitrogens is 2. The second-order valence-electron chi connectivity index (χ2n) is 14.1. The summed E-state index contributed by atoms with van der Waals surface area (Å²) in [6.07, 6.45) is 5.47. The van der Waals surface area contributed by atoms with Crippen molar-refractivity contribution in [1.82, 2.24) is 25.5 Å². The second kappa shape index (κ2) is 12.5. The zero-order valence-corrected chi connectivity index (χ0v) is 28.4. The Kier molecular flexibility index (Phi) is 8.05. The van der Waals surface area contributed by atoms with E-state index in [-0.39, 0.29) is 29.0 Å². The van der Waals surface area contributed by atoms with E-state index in [0.717, 1.165) is 60.3 Å². The van der Waals surface area contributed by atoms with Gasteiger partial charge >= 0.3 is 6.09 Å². The molecule has 0 saturated carbocycles. The molecule has 0 radical (unpaired) electrons. The minimum atomic E-state index is -3.19. The number of alkyl carbamates (subject to hydrolysis) is 1. The van der Waals surface area contributed by atoms with Gasteiger partial charge in [-0.25, -0.2) is 9.78 Å². The van der Waals surface area contributed by atoms with E-state index in [2.05, 4.69) is 26.7 Å². The topological polar surface area (TPSA) is 112 Å². The SMILES string of the molecule is COC(=O)N[C@H](C(=O)N1CCC[C@H]1c1ncc(-c2ccc3c(c2)C(F)(F)c2cc(-c4ccc5c(c4)CC([C@@H]4CCCN4)=N5)ccc2-3)[nH]1)C(C)C. The van der Waals surface area contributed by atoms with Gasteiger partial charge in [-0.05, 0) is 90.2 Å². The maximum absolute atomic E-state index is 16.3. The molecule has 0 unspecified atom stereocenters. The molecule has 3 aromatic carbocycles. The van der Waals surface area contributed by atoms with Crippen molar-refractivity contribution in [3.05, 3.63) is 83.3 Å². The van der Waals surface area contributed by atoms with Crippen molar-refractivity contribution in [3.63, 3.8) is 0 Å². The predicted octanol–water partition coefficient (Wildman–Crippen LogP) is 7.29. The smallest absolute Gasteiger partial charge is 0.407 e. The van der Waals surface area contributed by atoms with Gasteiger partial charge in [0, 0.05) is 41.4 Å². The molecule has 3 N–H and O–H groups in total. The number of methoxy groups -OCH3 is 1. The number of hydrogen-bond acceptors (Lipinski definition) is 6. The van der Waals surface area contributed by atoms with Crippen LogP contribution in [0.15, 0.2) is 65.8 Å². The number of imidazole rings is 1. The van der Waals surface area contributed by atoms with Gasteiger partial charge < -0.3 is 25.3 Å². The fraction of sp³-hybridized carbons (Fsp3) is 0.385. The van der Waals surface area contributed by atoms with Crippen LogP contribution in [-0.2, 0) is 21.9 Å². The number of benzene rings is 3. The number of H-pyrrole nitrogens is 1. The first-order valence-corrected chi connectivity index (χ1v) is 17.4. The number of alkyl halides is 2. The number of nitrogens with zero attached hydrogens (tertiary/aromatic N) is 3. The summed E-state index contributed by atoms with van der Waals surface area (Å²) < 4.78 is 37.3. The van der Waals surface area contributed by atoms with Crippen molar-refractivity contribution in [3.8, 4) is 33.5 Å². The number of aromatic amines is 1. The number of rotatable bonds is 7. The lowest BCUT2D eigenvalue weighted by molar-refractivity contribution is -0.135. The van der Waals surface area contributed by atoms with Crippen molar-refractivity contribution in [2.75, 3.05) is 20.2 Å². The Morgan fingerprint density at radius 2 is 1.70 bits per heavy atom. The molecule has 2 fully saturated rings. The van der Waals surface area contributed by atoms with E-state index in [0.29, 0.717) is 47.2 Å². The average Bonchev–Trinajstić information content (AvgIpc) is 3.96. The van der Waals surface area contributed by atoms with Gasteiger partial charge in [-0.3, -0.25) is 9.79 Å². The summed E-state index contributed by atoms with van der Waals surface area (Å²) in [6, 6.07) is 15.8. The van der Waals surface area contributed by atoms with E-state index in [4.69, 9.17) is 9.73 Å². The van der Waals surface area contributed by atoms with Gasteiger partial charge in [-0.2, -0.15) is 8.78 Å².